The zero-order chi connectivity index (χ0) is 20.2. The first-order chi connectivity index (χ1) is 14.1. The summed E-state index contributed by atoms with van der Waals surface area (Å²) in [6.07, 6.45) is 1.91. The first kappa shape index (κ1) is 19.8. The van der Waals surface area contributed by atoms with Crippen LogP contribution in [0.2, 0.25) is 0 Å². The highest BCUT2D eigenvalue weighted by atomic mass is 32.1. The summed E-state index contributed by atoms with van der Waals surface area (Å²) < 4.78 is 15.8. The van der Waals surface area contributed by atoms with E-state index in [9.17, 15) is 9.18 Å². The lowest BCUT2D eigenvalue weighted by atomic mass is 10.2. The van der Waals surface area contributed by atoms with Crippen molar-refractivity contribution in [2.24, 2.45) is 0 Å². The molecule has 152 valence electrons. The van der Waals surface area contributed by atoms with Gasteiger partial charge in [-0.3, -0.25) is 4.79 Å². The van der Waals surface area contributed by atoms with Crippen LogP contribution in [-0.2, 0) is 11.2 Å². The summed E-state index contributed by atoms with van der Waals surface area (Å²) in [7, 11) is 2.09. The average molecular weight is 413 g/mol. The summed E-state index contributed by atoms with van der Waals surface area (Å²) in [5.74, 6) is -0.425. The van der Waals surface area contributed by atoms with E-state index in [0.29, 0.717) is 24.2 Å². The van der Waals surface area contributed by atoms with E-state index in [2.05, 4.69) is 27.1 Å². The van der Waals surface area contributed by atoms with Crippen molar-refractivity contribution in [3.8, 4) is 0 Å². The summed E-state index contributed by atoms with van der Waals surface area (Å²) in [4.78, 5) is 21.2. The molecular weight excluding hydrogens is 387 g/mol. The Kier molecular flexibility index (Phi) is 6.06. The predicted molar refractivity (Wildman–Crippen MR) is 117 cm³/mol. The number of nitrogens with zero attached hydrogens (tertiary/aromatic N) is 3. The van der Waals surface area contributed by atoms with Crippen molar-refractivity contribution in [2.45, 2.75) is 19.3 Å². The Bertz CT molecular complexity index is 972. The fourth-order valence-corrected chi connectivity index (χ4v) is 4.57. The molecular formula is C22H25FN4OS. The SMILES string of the molecule is CN1CCCN(c2ccc(NC(=O)CCc3nc4ccccc4s3)cc2F)CC1. The molecule has 1 aliphatic rings. The minimum atomic E-state index is -0.293. The number of carbonyl (C=O) groups is 1. The molecule has 0 saturated carbocycles. The van der Waals surface area contributed by atoms with Crippen LogP contribution in [-0.4, -0.2) is 49.0 Å². The van der Waals surface area contributed by atoms with Gasteiger partial charge in [-0.1, -0.05) is 12.1 Å². The first-order valence-electron chi connectivity index (χ1n) is 9.96. The Hall–Kier alpha value is -2.51. The van der Waals surface area contributed by atoms with Gasteiger partial charge in [0.15, 0.2) is 0 Å². The molecule has 4 rings (SSSR count). The Morgan fingerprint density at radius 1 is 1.17 bits per heavy atom. The number of hydrogen-bond acceptors (Lipinski definition) is 5. The average Bonchev–Trinajstić information content (AvgIpc) is 3.01. The van der Waals surface area contributed by atoms with Gasteiger partial charge in [-0.2, -0.15) is 0 Å². The standard InChI is InChI=1S/C22H25FN4OS/c1-26-11-4-12-27(14-13-26)19-8-7-16(15-17(19)23)24-21(28)9-10-22-25-18-5-2-3-6-20(18)29-22/h2-3,5-8,15H,4,9-14H2,1H3,(H,24,28). The lowest BCUT2D eigenvalue weighted by Gasteiger charge is -2.23. The second kappa shape index (κ2) is 8.88. The lowest BCUT2D eigenvalue weighted by Crippen LogP contribution is -2.29. The highest BCUT2D eigenvalue weighted by molar-refractivity contribution is 7.18. The number of para-hydroxylation sites is 1. The Morgan fingerprint density at radius 2 is 2.03 bits per heavy atom. The van der Waals surface area contributed by atoms with Crippen LogP contribution in [0.1, 0.15) is 17.8 Å². The molecule has 1 aromatic heterocycles. The van der Waals surface area contributed by atoms with E-state index < -0.39 is 0 Å². The van der Waals surface area contributed by atoms with Gasteiger partial charge >= 0.3 is 0 Å². The maximum atomic E-state index is 14.7. The van der Waals surface area contributed by atoms with Crippen molar-refractivity contribution in [1.82, 2.24) is 9.88 Å². The number of carbonyl (C=O) groups excluding carboxylic acids is 1. The maximum absolute atomic E-state index is 14.7. The monoisotopic (exact) mass is 412 g/mol. The van der Waals surface area contributed by atoms with Crippen molar-refractivity contribution in [2.75, 3.05) is 43.4 Å². The quantitative estimate of drug-likeness (QED) is 0.684. The molecule has 29 heavy (non-hydrogen) atoms. The van der Waals surface area contributed by atoms with Gasteiger partial charge in [0.2, 0.25) is 5.91 Å². The third kappa shape index (κ3) is 4.92. The van der Waals surface area contributed by atoms with E-state index in [1.807, 2.05) is 24.3 Å². The molecule has 1 saturated heterocycles. The van der Waals surface area contributed by atoms with E-state index in [0.717, 1.165) is 47.8 Å². The Balaban J connectivity index is 1.35. The van der Waals surface area contributed by atoms with E-state index in [-0.39, 0.29) is 11.7 Å². The fraction of sp³-hybridized carbons (Fsp3) is 0.364. The van der Waals surface area contributed by atoms with Gasteiger partial charge in [-0.15, -0.1) is 11.3 Å². The molecule has 1 fully saturated rings. The van der Waals surface area contributed by atoms with Crippen LogP contribution in [0.15, 0.2) is 42.5 Å². The van der Waals surface area contributed by atoms with Gasteiger partial charge in [-0.05, 0) is 50.3 Å². The molecule has 0 spiro atoms. The number of amides is 1. The normalized spacial score (nSPS) is 15.4. The van der Waals surface area contributed by atoms with Gasteiger partial charge in [0.1, 0.15) is 5.82 Å². The third-order valence-corrected chi connectivity index (χ3v) is 6.29. The minimum Gasteiger partial charge on any atom is -0.368 e. The number of anilines is 2. The van der Waals surface area contributed by atoms with E-state index in [1.54, 1.807) is 23.5 Å². The number of thiazole rings is 1. The number of nitrogens with one attached hydrogen (secondary N) is 1. The van der Waals surface area contributed by atoms with Crippen molar-refractivity contribution in [1.29, 1.82) is 0 Å². The van der Waals surface area contributed by atoms with Gasteiger partial charge in [-0.25, -0.2) is 9.37 Å². The number of rotatable bonds is 5. The molecule has 0 unspecified atom stereocenters. The van der Waals surface area contributed by atoms with Crippen LogP contribution in [0.4, 0.5) is 15.8 Å². The molecule has 2 aromatic carbocycles. The van der Waals surface area contributed by atoms with Crippen LogP contribution < -0.4 is 10.2 Å². The van der Waals surface area contributed by atoms with E-state index in [1.165, 1.54) is 6.07 Å². The molecule has 2 heterocycles. The Labute approximate surface area is 174 Å². The minimum absolute atomic E-state index is 0.132. The zero-order valence-electron chi connectivity index (χ0n) is 16.5. The van der Waals surface area contributed by atoms with E-state index >= 15 is 0 Å². The second-order valence-electron chi connectivity index (χ2n) is 7.43. The Morgan fingerprint density at radius 3 is 2.86 bits per heavy atom. The van der Waals surface area contributed by atoms with Crippen molar-refractivity contribution in [3.05, 3.63) is 53.3 Å². The van der Waals surface area contributed by atoms with Gasteiger partial charge < -0.3 is 15.1 Å². The summed E-state index contributed by atoms with van der Waals surface area (Å²) in [5.41, 5.74) is 2.06. The molecule has 1 N–H and O–H groups in total. The number of benzene rings is 2. The highest BCUT2D eigenvalue weighted by Crippen LogP contribution is 2.25. The summed E-state index contributed by atoms with van der Waals surface area (Å²) in [6.45, 7) is 3.60. The molecule has 5 nitrogen and oxygen atoms in total. The lowest BCUT2D eigenvalue weighted by molar-refractivity contribution is -0.116. The van der Waals surface area contributed by atoms with Crippen molar-refractivity contribution in [3.63, 3.8) is 0 Å². The topological polar surface area (TPSA) is 48.5 Å². The number of aromatic nitrogens is 1. The number of halogens is 1. The number of likely N-dealkylation sites (N-methyl/N-ethyl adjacent to an activating group) is 1. The predicted octanol–water partition coefficient (Wildman–Crippen LogP) is 4.15. The summed E-state index contributed by atoms with van der Waals surface area (Å²) in [6, 6.07) is 12.9. The number of fused-ring (bicyclic) bond motifs is 1. The molecule has 3 aromatic rings. The molecule has 0 atom stereocenters. The fourth-order valence-electron chi connectivity index (χ4n) is 3.60. The first-order valence-corrected chi connectivity index (χ1v) is 10.8. The smallest absolute Gasteiger partial charge is 0.224 e. The summed E-state index contributed by atoms with van der Waals surface area (Å²) in [5, 5.41) is 3.75. The second-order valence-corrected chi connectivity index (χ2v) is 8.55. The van der Waals surface area contributed by atoms with Crippen LogP contribution in [0, 0.1) is 5.82 Å². The van der Waals surface area contributed by atoms with Crippen molar-refractivity contribution >= 4 is 38.8 Å². The molecule has 7 heteroatoms. The zero-order valence-corrected chi connectivity index (χ0v) is 17.3. The third-order valence-electron chi connectivity index (χ3n) is 5.20. The van der Waals surface area contributed by atoms with Crippen LogP contribution in [0.5, 0.6) is 0 Å². The molecule has 1 amide bonds. The molecule has 1 aliphatic heterocycles. The number of aryl methyl sites for hydroxylation is 1. The molecule has 0 bridgehead atoms. The van der Waals surface area contributed by atoms with Crippen LogP contribution in [0.25, 0.3) is 10.2 Å². The van der Waals surface area contributed by atoms with E-state index in [4.69, 9.17) is 0 Å². The summed E-state index contributed by atoms with van der Waals surface area (Å²) >= 11 is 1.61. The van der Waals surface area contributed by atoms with Crippen LogP contribution >= 0.6 is 11.3 Å². The maximum Gasteiger partial charge on any atom is 0.224 e. The van der Waals surface area contributed by atoms with Gasteiger partial charge in [0.05, 0.1) is 20.9 Å². The molecule has 0 radical (unpaired) electrons. The van der Waals surface area contributed by atoms with Crippen LogP contribution in [0.3, 0.4) is 0 Å². The number of hydrogen-bond donors (Lipinski definition) is 1. The van der Waals surface area contributed by atoms with Gasteiger partial charge in [0.25, 0.3) is 0 Å². The molecule has 0 aliphatic carbocycles. The largest absolute Gasteiger partial charge is 0.368 e. The van der Waals surface area contributed by atoms with Gasteiger partial charge in [0, 0.05) is 38.2 Å². The van der Waals surface area contributed by atoms with Crippen molar-refractivity contribution < 1.29 is 9.18 Å². The highest BCUT2D eigenvalue weighted by Gasteiger charge is 2.16.